The van der Waals surface area contributed by atoms with Crippen molar-refractivity contribution in [1.82, 2.24) is 29.9 Å². The van der Waals surface area contributed by atoms with Crippen molar-refractivity contribution in [2.45, 2.75) is 50.7 Å². The Balaban J connectivity index is 1.29. The van der Waals surface area contributed by atoms with Gasteiger partial charge in [-0.05, 0) is 84.4 Å². The van der Waals surface area contributed by atoms with Crippen LogP contribution in [0, 0.1) is 0 Å². The number of halogens is 1. The average Bonchev–Trinajstić information content (AvgIpc) is 3.71. The van der Waals surface area contributed by atoms with E-state index in [1.54, 1.807) is 4.90 Å². The van der Waals surface area contributed by atoms with Crippen LogP contribution in [0.5, 0.6) is 0 Å². The van der Waals surface area contributed by atoms with Crippen molar-refractivity contribution < 1.29 is 9.53 Å². The predicted octanol–water partition coefficient (Wildman–Crippen LogP) is 8.54. The first kappa shape index (κ1) is 30.9. The van der Waals surface area contributed by atoms with Crippen LogP contribution in [-0.2, 0) is 10.3 Å². The average molecular weight is 690 g/mol. The molecule has 3 heterocycles. The normalized spacial score (nSPS) is 15.6. The third-order valence-corrected chi connectivity index (χ3v) is 9.33. The Bertz CT molecular complexity index is 1900. The molecule has 47 heavy (non-hydrogen) atoms. The fraction of sp³-hybridized carbons (Fsp3) is 0.263. The Kier molecular flexibility index (Phi) is 8.18. The molecule has 9 heteroatoms. The van der Waals surface area contributed by atoms with Gasteiger partial charge in [0.1, 0.15) is 21.6 Å². The minimum absolute atomic E-state index is 0.0546. The van der Waals surface area contributed by atoms with Gasteiger partial charge in [0.2, 0.25) is 0 Å². The number of H-pyrrole nitrogens is 1. The number of carbonyl (C=O) groups is 1. The molecule has 0 aliphatic carbocycles. The van der Waals surface area contributed by atoms with Crippen molar-refractivity contribution in [1.29, 1.82) is 0 Å². The fourth-order valence-corrected chi connectivity index (χ4v) is 7.14. The van der Waals surface area contributed by atoms with E-state index < -0.39 is 11.1 Å². The number of nitrogens with zero attached hydrogens (tertiary/aromatic N) is 5. The highest BCUT2D eigenvalue weighted by molar-refractivity contribution is 9.10. The van der Waals surface area contributed by atoms with Gasteiger partial charge in [0, 0.05) is 30.0 Å². The summed E-state index contributed by atoms with van der Waals surface area (Å²) in [6, 6.07) is 37.8. The van der Waals surface area contributed by atoms with Gasteiger partial charge in [-0.2, -0.15) is 10.2 Å². The van der Waals surface area contributed by atoms with Crippen molar-refractivity contribution in [3.63, 3.8) is 0 Å². The van der Waals surface area contributed by atoms with E-state index in [0.29, 0.717) is 18.9 Å². The molecule has 1 fully saturated rings. The second kappa shape index (κ2) is 12.4. The number of benzene rings is 4. The molecule has 1 aliphatic rings. The molecule has 1 amide bonds. The molecule has 8 nitrogen and oxygen atoms in total. The molecule has 7 rings (SSSR count). The van der Waals surface area contributed by atoms with E-state index in [9.17, 15) is 4.79 Å². The molecule has 0 radical (unpaired) electrons. The standard InChI is InChI=1S/C38H37BrN6O2/c1-37(2,3)47-36(46)44-23-13-14-27(25-44)35-40-34(41-42-35)26-21-22-32-31(24-26)33(39)43-45(32)38(28-15-7-4-8-16-28,29-17-9-5-10-18-29)30-19-11-6-12-20-30/h4-12,15-22,24,27H,13-14,23,25H2,1-3H3,(H,40,41,42). The minimum Gasteiger partial charge on any atom is -0.444 e. The van der Waals surface area contributed by atoms with Crippen molar-refractivity contribution in [3.05, 3.63) is 136 Å². The van der Waals surface area contributed by atoms with Crippen molar-refractivity contribution in [3.8, 4) is 11.4 Å². The first-order valence-electron chi connectivity index (χ1n) is 16.0. The molecule has 0 spiro atoms. The monoisotopic (exact) mass is 688 g/mol. The third kappa shape index (κ3) is 5.84. The van der Waals surface area contributed by atoms with Crippen molar-refractivity contribution >= 4 is 32.9 Å². The van der Waals surface area contributed by atoms with Gasteiger partial charge < -0.3 is 9.64 Å². The zero-order valence-electron chi connectivity index (χ0n) is 26.7. The molecule has 1 unspecified atom stereocenters. The van der Waals surface area contributed by atoms with E-state index in [4.69, 9.17) is 14.8 Å². The molecule has 6 aromatic rings. The summed E-state index contributed by atoms with van der Waals surface area (Å²) < 4.78 is 8.49. The van der Waals surface area contributed by atoms with E-state index in [2.05, 4.69) is 122 Å². The van der Waals surface area contributed by atoms with E-state index >= 15 is 0 Å². The van der Waals surface area contributed by atoms with Crippen LogP contribution in [0.15, 0.2) is 114 Å². The molecule has 1 aliphatic heterocycles. The minimum atomic E-state index is -0.742. The number of ether oxygens (including phenoxy) is 1. The van der Waals surface area contributed by atoms with E-state index in [0.717, 1.165) is 56.4 Å². The lowest BCUT2D eigenvalue weighted by atomic mass is 9.77. The largest absolute Gasteiger partial charge is 0.444 e. The van der Waals surface area contributed by atoms with Crippen LogP contribution in [0.2, 0.25) is 0 Å². The third-order valence-electron chi connectivity index (χ3n) is 8.75. The molecule has 1 N–H and O–H groups in total. The van der Waals surface area contributed by atoms with Crippen LogP contribution in [0.3, 0.4) is 0 Å². The number of piperidine rings is 1. The SMILES string of the molecule is CC(C)(C)OC(=O)N1CCCC(c2nc(-c3ccc4c(c3)c(Br)nn4C(c3ccccc3)(c3ccccc3)c3ccccc3)n[nH]2)C1. The fourth-order valence-electron chi connectivity index (χ4n) is 6.66. The van der Waals surface area contributed by atoms with Gasteiger partial charge in [0.05, 0.1) is 5.52 Å². The number of likely N-dealkylation sites (tertiary alicyclic amines) is 1. The van der Waals surface area contributed by atoms with Gasteiger partial charge in [0.25, 0.3) is 0 Å². The first-order chi connectivity index (χ1) is 22.7. The van der Waals surface area contributed by atoms with Crippen LogP contribution >= 0.6 is 15.9 Å². The molecule has 1 atom stereocenters. The summed E-state index contributed by atoms with van der Waals surface area (Å²) in [7, 11) is 0. The Labute approximate surface area is 282 Å². The first-order valence-corrected chi connectivity index (χ1v) is 16.8. The van der Waals surface area contributed by atoms with Gasteiger partial charge >= 0.3 is 6.09 Å². The Morgan fingerprint density at radius 1 is 0.872 bits per heavy atom. The van der Waals surface area contributed by atoms with Crippen LogP contribution in [0.4, 0.5) is 4.79 Å². The summed E-state index contributed by atoms with van der Waals surface area (Å²) in [5.74, 6) is 1.44. The van der Waals surface area contributed by atoms with Gasteiger partial charge in [-0.3, -0.25) is 5.10 Å². The second-order valence-electron chi connectivity index (χ2n) is 13.1. The lowest BCUT2D eigenvalue weighted by Crippen LogP contribution is -2.42. The van der Waals surface area contributed by atoms with Crippen LogP contribution in [-0.4, -0.2) is 54.6 Å². The van der Waals surface area contributed by atoms with Gasteiger partial charge in [-0.25, -0.2) is 14.5 Å². The quantitative estimate of drug-likeness (QED) is 0.177. The summed E-state index contributed by atoms with van der Waals surface area (Å²) in [6.45, 7) is 6.88. The van der Waals surface area contributed by atoms with Crippen molar-refractivity contribution in [2.24, 2.45) is 0 Å². The number of carbonyl (C=O) groups excluding carboxylic acids is 1. The molecule has 4 aromatic carbocycles. The molecular weight excluding hydrogens is 652 g/mol. The Morgan fingerprint density at radius 3 is 2.04 bits per heavy atom. The van der Waals surface area contributed by atoms with Crippen LogP contribution < -0.4 is 0 Å². The smallest absolute Gasteiger partial charge is 0.410 e. The molecule has 238 valence electrons. The number of aromatic amines is 1. The highest BCUT2D eigenvalue weighted by atomic mass is 79.9. The van der Waals surface area contributed by atoms with Gasteiger partial charge in [0.15, 0.2) is 5.82 Å². The van der Waals surface area contributed by atoms with Gasteiger partial charge in [-0.1, -0.05) is 91.0 Å². The number of rotatable bonds is 6. The maximum absolute atomic E-state index is 12.8. The molecule has 0 saturated carbocycles. The topological polar surface area (TPSA) is 88.9 Å². The zero-order chi connectivity index (χ0) is 32.6. The van der Waals surface area contributed by atoms with Crippen LogP contribution in [0.25, 0.3) is 22.3 Å². The Hall–Kier alpha value is -4.76. The van der Waals surface area contributed by atoms with E-state index in [-0.39, 0.29) is 12.0 Å². The number of nitrogens with one attached hydrogen (secondary N) is 1. The van der Waals surface area contributed by atoms with Crippen molar-refractivity contribution in [2.75, 3.05) is 13.1 Å². The summed E-state index contributed by atoms with van der Waals surface area (Å²) in [4.78, 5) is 19.5. The van der Waals surface area contributed by atoms with Crippen LogP contribution in [0.1, 0.15) is 62.0 Å². The number of amides is 1. The number of aromatic nitrogens is 5. The number of fused-ring (bicyclic) bond motifs is 1. The zero-order valence-corrected chi connectivity index (χ0v) is 28.3. The van der Waals surface area contributed by atoms with Gasteiger partial charge in [-0.15, -0.1) is 0 Å². The summed E-state index contributed by atoms with van der Waals surface area (Å²) in [5, 5.41) is 13.9. The predicted molar refractivity (Wildman–Crippen MR) is 187 cm³/mol. The Morgan fingerprint density at radius 2 is 1.47 bits per heavy atom. The number of hydrogen-bond donors (Lipinski definition) is 1. The maximum atomic E-state index is 12.8. The molecular formula is C38H37BrN6O2. The summed E-state index contributed by atoms with van der Waals surface area (Å²) in [5.41, 5.74) is 3.87. The van der Waals surface area contributed by atoms with E-state index in [1.807, 2.05) is 39.0 Å². The maximum Gasteiger partial charge on any atom is 0.410 e. The molecule has 1 saturated heterocycles. The number of hydrogen-bond acceptors (Lipinski definition) is 5. The molecule has 0 bridgehead atoms. The lowest BCUT2D eigenvalue weighted by molar-refractivity contribution is 0.0196. The summed E-state index contributed by atoms with van der Waals surface area (Å²) in [6.07, 6.45) is 1.52. The highest BCUT2D eigenvalue weighted by Crippen LogP contribution is 2.43. The summed E-state index contributed by atoms with van der Waals surface area (Å²) >= 11 is 3.81. The lowest BCUT2D eigenvalue weighted by Gasteiger charge is -2.37. The second-order valence-corrected chi connectivity index (χ2v) is 13.8. The molecule has 2 aromatic heterocycles. The van der Waals surface area contributed by atoms with E-state index in [1.165, 1.54) is 0 Å². The highest BCUT2D eigenvalue weighted by Gasteiger charge is 2.41.